The summed E-state index contributed by atoms with van der Waals surface area (Å²) in [4.78, 5) is 44.2. The highest BCUT2D eigenvalue weighted by Crippen LogP contribution is 2.33. The van der Waals surface area contributed by atoms with Gasteiger partial charge in [0.05, 0.1) is 31.0 Å². The summed E-state index contributed by atoms with van der Waals surface area (Å²) in [5, 5.41) is 30.9. The first-order chi connectivity index (χ1) is 20.7. The number of fused-ring (bicyclic) bond motifs is 1. The van der Waals surface area contributed by atoms with Crippen molar-refractivity contribution in [2.24, 2.45) is 22.7 Å². The second kappa shape index (κ2) is 15.3. The SMILES string of the molecule is COC(=O)C(O)C(CC1CCCCC1)NC(=O)C(CC(C)C)NC(=O)C(Cc1ccccc1)C1CC=C2C=NC=C2N1[O-]. The van der Waals surface area contributed by atoms with Crippen molar-refractivity contribution in [3.8, 4) is 0 Å². The molecule has 43 heavy (non-hydrogen) atoms. The number of benzene rings is 1. The Morgan fingerprint density at radius 1 is 1.09 bits per heavy atom. The van der Waals surface area contributed by atoms with Gasteiger partial charge in [-0.15, -0.1) is 0 Å². The molecule has 2 heterocycles. The molecule has 0 saturated heterocycles. The molecule has 10 nitrogen and oxygen atoms in total. The van der Waals surface area contributed by atoms with Crippen molar-refractivity contribution in [3.63, 3.8) is 0 Å². The minimum Gasteiger partial charge on any atom is -0.758 e. The molecule has 5 atom stereocenters. The number of aliphatic hydroxyl groups excluding tert-OH is 1. The lowest BCUT2D eigenvalue weighted by molar-refractivity contribution is -0.153. The van der Waals surface area contributed by atoms with Crippen molar-refractivity contribution < 1.29 is 24.2 Å². The molecule has 234 valence electrons. The van der Waals surface area contributed by atoms with Gasteiger partial charge in [-0.3, -0.25) is 14.6 Å². The number of nitrogens with one attached hydrogen (secondary N) is 2. The molecule has 1 aromatic carbocycles. The number of allylic oxidation sites excluding steroid dienone is 1. The lowest BCUT2D eigenvalue weighted by atomic mass is 9.83. The van der Waals surface area contributed by atoms with Crippen LogP contribution in [0.4, 0.5) is 0 Å². The number of rotatable bonds is 13. The van der Waals surface area contributed by atoms with E-state index in [2.05, 4.69) is 15.6 Å². The Balaban J connectivity index is 1.54. The van der Waals surface area contributed by atoms with E-state index in [4.69, 9.17) is 4.74 Å². The lowest BCUT2D eigenvalue weighted by Gasteiger charge is -2.46. The van der Waals surface area contributed by atoms with Crippen LogP contribution in [0.3, 0.4) is 0 Å². The van der Waals surface area contributed by atoms with Crippen molar-refractivity contribution in [2.75, 3.05) is 7.11 Å². The molecule has 0 aromatic heterocycles. The predicted molar refractivity (Wildman–Crippen MR) is 164 cm³/mol. The molecule has 1 aromatic rings. The van der Waals surface area contributed by atoms with Crippen molar-refractivity contribution >= 4 is 24.0 Å². The second-order valence-electron chi connectivity index (χ2n) is 12.4. The summed E-state index contributed by atoms with van der Waals surface area (Å²) in [6.45, 7) is 3.91. The van der Waals surface area contributed by atoms with Gasteiger partial charge in [-0.25, -0.2) is 4.79 Å². The number of esters is 1. The van der Waals surface area contributed by atoms with E-state index in [1.54, 1.807) is 6.21 Å². The number of hydrogen-bond donors (Lipinski definition) is 3. The smallest absolute Gasteiger partial charge is 0.336 e. The maximum absolute atomic E-state index is 14.0. The third kappa shape index (κ3) is 8.54. The van der Waals surface area contributed by atoms with Crippen molar-refractivity contribution in [2.45, 2.75) is 95.9 Å². The van der Waals surface area contributed by atoms with E-state index in [1.807, 2.05) is 50.3 Å². The van der Waals surface area contributed by atoms with Gasteiger partial charge in [0.15, 0.2) is 6.10 Å². The predicted octanol–water partition coefficient (Wildman–Crippen LogP) is 3.79. The Bertz CT molecular complexity index is 1210. The topological polar surface area (TPSA) is 143 Å². The van der Waals surface area contributed by atoms with E-state index in [1.165, 1.54) is 13.3 Å². The molecule has 2 amide bonds. The monoisotopic (exact) mass is 593 g/mol. The Morgan fingerprint density at radius 2 is 1.81 bits per heavy atom. The van der Waals surface area contributed by atoms with Gasteiger partial charge >= 0.3 is 5.97 Å². The highest BCUT2D eigenvalue weighted by Gasteiger charge is 2.37. The third-order valence-electron chi connectivity index (χ3n) is 8.73. The van der Waals surface area contributed by atoms with E-state index in [-0.39, 0.29) is 11.8 Å². The Kier molecular flexibility index (Phi) is 11.5. The Hall–Kier alpha value is -3.50. The van der Waals surface area contributed by atoms with E-state index in [9.17, 15) is 24.7 Å². The molecule has 0 bridgehead atoms. The van der Waals surface area contributed by atoms with Gasteiger partial charge in [-0.1, -0.05) is 82.4 Å². The van der Waals surface area contributed by atoms with E-state index < -0.39 is 47.9 Å². The standard InChI is InChI=1S/C33H45N4O6/c1-21(2)16-27(32(40)35-26(30(38)33(41)43-3)18-23-12-8-5-9-13-23)36-31(39)25(17-22-10-6-4-7-11-22)28-15-14-24-19-34-20-29(24)37(28)42/h4,6-7,10-11,14,19-21,23,25-28,30,38H,5,8-9,12-13,15-18H2,1-3H3,(H,35,40)(H,36,39)/q-1. The van der Waals surface area contributed by atoms with Crippen LogP contribution in [-0.2, 0) is 25.5 Å². The number of ether oxygens (including phenoxy) is 1. The largest absolute Gasteiger partial charge is 0.758 e. The van der Waals surface area contributed by atoms with E-state index in [0.29, 0.717) is 31.4 Å². The molecule has 10 heteroatoms. The van der Waals surface area contributed by atoms with Gasteiger partial charge < -0.3 is 30.7 Å². The van der Waals surface area contributed by atoms with Gasteiger partial charge in [0, 0.05) is 17.8 Å². The van der Waals surface area contributed by atoms with Gasteiger partial charge in [0.25, 0.3) is 0 Å². The molecule has 1 saturated carbocycles. The van der Waals surface area contributed by atoms with Crippen LogP contribution in [-0.4, -0.2) is 65.5 Å². The van der Waals surface area contributed by atoms with Gasteiger partial charge in [0.1, 0.15) is 6.04 Å². The minimum absolute atomic E-state index is 0.0583. The first-order valence-corrected chi connectivity index (χ1v) is 15.5. The number of amides is 2. The number of nitrogens with zero attached hydrogens (tertiary/aromatic N) is 2. The zero-order valence-electron chi connectivity index (χ0n) is 25.4. The van der Waals surface area contributed by atoms with Crippen LogP contribution >= 0.6 is 0 Å². The molecule has 0 spiro atoms. The molecule has 1 fully saturated rings. The van der Waals surface area contributed by atoms with Crippen LogP contribution in [0.15, 0.2) is 58.9 Å². The zero-order valence-corrected chi connectivity index (χ0v) is 25.4. The molecule has 4 rings (SSSR count). The number of methoxy groups -OCH3 is 1. The average molecular weight is 594 g/mol. The fourth-order valence-corrected chi connectivity index (χ4v) is 6.39. The first kappa shape index (κ1) is 32.4. The maximum Gasteiger partial charge on any atom is 0.336 e. The Labute approximate surface area is 254 Å². The molecule has 1 aliphatic carbocycles. The van der Waals surface area contributed by atoms with Gasteiger partial charge in [-0.05, 0) is 43.1 Å². The fourth-order valence-electron chi connectivity index (χ4n) is 6.39. The average Bonchev–Trinajstić information content (AvgIpc) is 3.49. The van der Waals surface area contributed by atoms with Crippen LogP contribution in [0, 0.1) is 23.0 Å². The number of aliphatic imine (C=N–C) groups is 1. The third-order valence-corrected chi connectivity index (χ3v) is 8.73. The Morgan fingerprint density at radius 3 is 2.49 bits per heavy atom. The molecule has 3 aliphatic rings. The first-order valence-electron chi connectivity index (χ1n) is 15.5. The van der Waals surface area contributed by atoms with Crippen LogP contribution < -0.4 is 10.6 Å². The van der Waals surface area contributed by atoms with Gasteiger partial charge in [0.2, 0.25) is 11.8 Å². The molecule has 2 aliphatic heterocycles. The second-order valence-corrected chi connectivity index (χ2v) is 12.4. The summed E-state index contributed by atoms with van der Waals surface area (Å²) in [6, 6.07) is 7.06. The summed E-state index contributed by atoms with van der Waals surface area (Å²) in [5.41, 5.74) is 2.08. The molecule has 3 N–H and O–H groups in total. The summed E-state index contributed by atoms with van der Waals surface area (Å²) < 4.78 is 4.79. The molecule has 5 unspecified atom stereocenters. The highest BCUT2D eigenvalue weighted by atomic mass is 16.5. The number of carbonyl (C=O) groups excluding carboxylic acids is 3. The summed E-state index contributed by atoms with van der Waals surface area (Å²) in [5.74, 6) is -2.10. The number of hydroxylamine groups is 2. The van der Waals surface area contributed by atoms with Crippen LogP contribution in [0.5, 0.6) is 0 Å². The highest BCUT2D eigenvalue weighted by molar-refractivity contribution is 5.90. The molecular weight excluding hydrogens is 548 g/mol. The quantitative estimate of drug-likeness (QED) is 0.295. The number of carbonyl (C=O) groups is 3. The fraction of sp³-hybridized carbons (Fsp3) is 0.576. The lowest BCUT2D eigenvalue weighted by Crippen LogP contribution is -2.57. The normalized spacial score (nSPS) is 21.3. The molecule has 0 radical (unpaired) electrons. The molecular formula is C33H45N4O6-. The van der Waals surface area contributed by atoms with E-state index >= 15 is 0 Å². The number of aliphatic hydroxyl groups is 1. The zero-order chi connectivity index (χ0) is 30.9. The minimum atomic E-state index is -1.52. The summed E-state index contributed by atoms with van der Waals surface area (Å²) in [7, 11) is 1.20. The number of hydrogen-bond acceptors (Lipinski definition) is 8. The van der Waals surface area contributed by atoms with E-state index in [0.717, 1.165) is 48.3 Å². The van der Waals surface area contributed by atoms with Crippen LogP contribution in [0.2, 0.25) is 0 Å². The van der Waals surface area contributed by atoms with Gasteiger partial charge in [-0.2, -0.15) is 0 Å². The summed E-state index contributed by atoms with van der Waals surface area (Å²) in [6.07, 6.45) is 10.3. The van der Waals surface area contributed by atoms with Crippen LogP contribution in [0.1, 0.15) is 70.8 Å². The van der Waals surface area contributed by atoms with Crippen LogP contribution in [0.25, 0.3) is 0 Å². The summed E-state index contributed by atoms with van der Waals surface area (Å²) >= 11 is 0. The van der Waals surface area contributed by atoms with Crippen molar-refractivity contribution in [1.82, 2.24) is 15.7 Å². The van der Waals surface area contributed by atoms with Crippen molar-refractivity contribution in [1.29, 1.82) is 0 Å². The van der Waals surface area contributed by atoms with Crippen molar-refractivity contribution in [3.05, 3.63) is 64.6 Å². The maximum atomic E-state index is 14.0.